The Labute approximate surface area is 290 Å². The Morgan fingerprint density at radius 3 is 2.21 bits per heavy atom. The molecule has 6 atom stereocenters. The van der Waals surface area contributed by atoms with Gasteiger partial charge in [0.05, 0.1) is 39.9 Å². The molecule has 0 bridgehead atoms. The van der Waals surface area contributed by atoms with E-state index in [1.165, 1.54) is 38.2 Å². The number of carbonyl (C=O) groups is 4. The molecular weight excluding hydrogens is 741 g/mol. The highest BCUT2D eigenvalue weighted by Gasteiger charge is 2.76. The molecular formula is C30H26BrCl2N5O10. The third kappa shape index (κ3) is 4.31. The number of hydrogen-bond acceptors (Lipinski definition) is 11. The molecule has 252 valence electrons. The number of ether oxygens (including phenoxy) is 1. The summed E-state index contributed by atoms with van der Waals surface area (Å²) in [5.74, 6) is -8.08. The van der Waals surface area contributed by atoms with Crippen LogP contribution < -0.4 is 14.5 Å². The number of fused-ring (bicyclic) bond motifs is 4. The minimum atomic E-state index is -2.17. The zero-order valence-electron chi connectivity index (χ0n) is 25.4. The van der Waals surface area contributed by atoms with Crippen LogP contribution in [0.1, 0.15) is 24.3 Å². The van der Waals surface area contributed by atoms with Crippen molar-refractivity contribution in [3.63, 3.8) is 0 Å². The van der Waals surface area contributed by atoms with Crippen LogP contribution in [-0.4, -0.2) is 79.9 Å². The van der Waals surface area contributed by atoms with Crippen molar-refractivity contribution in [1.29, 1.82) is 0 Å². The molecule has 2 heterocycles. The van der Waals surface area contributed by atoms with Crippen LogP contribution in [0.4, 0.5) is 22.7 Å². The van der Waals surface area contributed by atoms with Gasteiger partial charge in [0.2, 0.25) is 11.8 Å². The lowest BCUT2D eigenvalue weighted by atomic mass is 9.56. The highest BCUT2D eigenvalue weighted by atomic mass is 79.9. The number of imide groups is 2. The van der Waals surface area contributed by atoms with E-state index in [0.29, 0.717) is 10.5 Å². The van der Waals surface area contributed by atoms with Gasteiger partial charge >= 0.3 is 11.4 Å². The number of anilines is 2. The minimum absolute atomic E-state index is 0.0427. The van der Waals surface area contributed by atoms with Crippen LogP contribution in [0.3, 0.4) is 0 Å². The quantitative estimate of drug-likeness (QED) is 0.106. The fourth-order valence-electron chi connectivity index (χ4n) is 7.75. The second-order valence-corrected chi connectivity index (χ2v) is 13.9. The predicted octanol–water partition coefficient (Wildman–Crippen LogP) is 4.20. The molecule has 4 aliphatic rings. The number of halogens is 3. The summed E-state index contributed by atoms with van der Waals surface area (Å²) < 4.78 is 5.29. The standard InChI is InChI=1S/C30H26BrCl2N5O10/c1-34(2)23-18(37(44)45)9-13(10-19(23)38(46)47)36-25(40)15-8-7-14-17(21(15)26(36)41)11-29(32)27(42)35(12-31)28(43)30(29,33)22(14)16-5-4-6-20(48-3)24(16)39/h4-7,9-10,15,17,21-22,39H,8,11-12H2,1-3H3/t15-,17+,21-,22+,29+,30-/m0/s1. The number of methoxy groups -OCH3 is 1. The van der Waals surface area contributed by atoms with E-state index >= 15 is 0 Å². The van der Waals surface area contributed by atoms with Gasteiger partial charge in [-0.05, 0) is 24.8 Å². The summed E-state index contributed by atoms with van der Waals surface area (Å²) in [4.78, 5) is 76.9. The first-order valence-electron chi connectivity index (χ1n) is 14.4. The number of para-hydroxylation sites is 1. The fourth-order valence-corrected chi connectivity index (χ4v) is 9.16. The zero-order valence-corrected chi connectivity index (χ0v) is 28.5. The van der Waals surface area contributed by atoms with Crippen molar-refractivity contribution in [2.75, 3.05) is 36.5 Å². The maximum Gasteiger partial charge on any atom is 0.301 e. The van der Waals surface area contributed by atoms with Crippen LogP contribution >= 0.6 is 39.1 Å². The first kappa shape index (κ1) is 33.6. The molecule has 48 heavy (non-hydrogen) atoms. The van der Waals surface area contributed by atoms with Crippen molar-refractivity contribution in [2.45, 2.75) is 28.5 Å². The van der Waals surface area contributed by atoms with Crippen LogP contribution in [0.15, 0.2) is 42.0 Å². The minimum Gasteiger partial charge on any atom is -0.504 e. The number of phenols is 1. The summed E-state index contributed by atoms with van der Waals surface area (Å²) in [5, 5.41) is 35.3. The summed E-state index contributed by atoms with van der Waals surface area (Å²) >= 11 is 17.5. The average molecular weight is 767 g/mol. The molecule has 18 heteroatoms. The lowest BCUT2D eigenvalue weighted by molar-refractivity contribution is -0.392. The monoisotopic (exact) mass is 765 g/mol. The number of hydrogen-bond donors (Lipinski definition) is 1. The molecule has 15 nitrogen and oxygen atoms in total. The summed E-state index contributed by atoms with van der Waals surface area (Å²) in [6.45, 7) is 0. The largest absolute Gasteiger partial charge is 0.504 e. The first-order chi connectivity index (χ1) is 22.6. The van der Waals surface area contributed by atoms with Crippen molar-refractivity contribution in [2.24, 2.45) is 17.8 Å². The van der Waals surface area contributed by atoms with Crippen LogP contribution in [-0.2, 0) is 19.2 Å². The molecule has 0 spiro atoms. The Bertz CT molecular complexity index is 1850. The number of aromatic hydroxyl groups is 1. The Morgan fingerprint density at radius 1 is 1.04 bits per heavy atom. The van der Waals surface area contributed by atoms with Gasteiger partial charge in [-0.15, -0.1) is 23.2 Å². The number of nitro benzene ring substituents is 2. The first-order valence-corrected chi connectivity index (χ1v) is 16.3. The molecule has 2 aliphatic heterocycles. The van der Waals surface area contributed by atoms with E-state index in [1.54, 1.807) is 12.1 Å². The van der Waals surface area contributed by atoms with Crippen molar-refractivity contribution >= 4 is 85.5 Å². The van der Waals surface area contributed by atoms with Gasteiger partial charge in [-0.2, -0.15) is 0 Å². The van der Waals surface area contributed by atoms with Gasteiger partial charge in [0.15, 0.2) is 26.9 Å². The Hall–Kier alpha value is -4.28. The lowest BCUT2D eigenvalue weighted by Gasteiger charge is -2.50. The molecule has 1 saturated carbocycles. The number of carbonyl (C=O) groups excluding carboxylic acids is 4. The maximum absolute atomic E-state index is 14.4. The molecule has 6 rings (SSSR count). The summed E-state index contributed by atoms with van der Waals surface area (Å²) in [5.41, 5.74) is -1.85. The Kier molecular flexibility index (Phi) is 7.99. The van der Waals surface area contributed by atoms with Gasteiger partial charge < -0.3 is 14.7 Å². The maximum atomic E-state index is 14.4. The van der Waals surface area contributed by atoms with E-state index in [0.717, 1.165) is 17.0 Å². The number of phenolic OH excluding ortho intramolecular Hbond substituents is 1. The van der Waals surface area contributed by atoms with Crippen LogP contribution in [0.2, 0.25) is 0 Å². The number of nitrogens with zero attached hydrogens (tertiary/aromatic N) is 5. The normalized spacial score (nSPS) is 29.3. The smallest absolute Gasteiger partial charge is 0.301 e. The Balaban J connectivity index is 1.53. The van der Waals surface area contributed by atoms with Gasteiger partial charge in [-0.3, -0.25) is 44.3 Å². The molecule has 3 fully saturated rings. The van der Waals surface area contributed by atoms with Crippen molar-refractivity contribution in [3.8, 4) is 11.5 Å². The van der Waals surface area contributed by atoms with Gasteiger partial charge in [0.1, 0.15) is 0 Å². The van der Waals surface area contributed by atoms with Gasteiger partial charge in [-0.1, -0.05) is 39.7 Å². The third-order valence-electron chi connectivity index (χ3n) is 9.73. The van der Waals surface area contributed by atoms with Crippen LogP contribution in [0, 0.1) is 38.0 Å². The molecule has 4 amide bonds. The van der Waals surface area contributed by atoms with Crippen molar-refractivity contribution < 1.29 is 38.9 Å². The van der Waals surface area contributed by atoms with E-state index < -0.39 is 78.3 Å². The van der Waals surface area contributed by atoms with Crippen molar-refractivity contribution in [1.82, 2.24) is 4.90 Å². The van der Waals surface area contributed by atoms with Gasteiger partial charge in [0, 0.05) is 37.7 Å². The van der Waals surface area contributed by atoms with Crippen molar-refractivity contribution in [3.05, 3.63) is 67.8 Å². The molecule has 2 aromatic rings. The van der Waals surface area contributed by atoms with Gasteiger partial charge in [-0.25, -0.2) is 4.90 Å². The molecule has 0 unspecified atom stereocenters. The van der Waals surface area contributed by atoms with E-state index in [-0.39, 0.29) is 46.7 Å². The number of alkyl halides is 3. The SMILES string of the molecule is COc1cccc([C@H]2C3=CC[C@@H]4C(=O)N(c5cc([N+](=O)[O-])c(N(C)C)c([N+](=O)[O-])c5)C(=O)[C@@H]4[C@@H]3C[C@@]3(Cl)C(=O)N(CBr)C(=O)[C@@]23Cl)c1O. The number of benzene rings is 2. The fraction of sp³-hybridized carbons (Fsp3) is 0.400. The van der Waals surface area contributed by atoms with E-state index in [9.17, 15) is 44.5 Å². The third-order valence-corrected chi connectivity index (χ3v) is 11.6. The van der Waals surface area contributed by atoms with E-state index in [2.05, 4.69) is 15.9 Å². The number of amides is 4. The van der Waals surface area contributed by atoms with Gasteiger partial charge in [0.25, 0.3) is 11.8 Å². The lowest BCUT2D eigenvalue weighted by Crippen LogP contribution is -2.60. The molecule has 1 N–H and O–H groups in total. The zero-order chi connectivity index (χ0) is 35.2. The molecule has 0 aromatic heterocycles. The molecule has 0 radical (unpaired) electrons. The summed E-state index contributed by atoms with van der Waals surface area (Å²) in [7, 11) is 4.09. The summed E-state index contributed by atoms with van der Waals surface area (Å²) in [6.07, 6.45) is 1.23. The molecule has 2 aliphatic carbocycles. The highest BCUT2D eigenvalue weighted by Crippen LogP contribution is 2.66. The second-order valence-electron chi connectivity index (χ2n) is 12.1. The predicted molar refractivity (Wildman–Crippen MR) is 175 cm³/mol. The topological polar surface area (TPSA) is 194 Å². The van der Waals surface area contributed by atoms with E-state index in [1.807, 2.05) is 0 Å². The number of allylic oxidation sites excluding steroid dienone is 2. The number of nitro groups is 2. The van der Waals surface area contributed by atoms with Crippen LogP contribution in [0.25, 0.3) is 0 Å². The van der Waals surface area contributed by atoms with E-state index in [4.69, 9.17) is 27.9 Å². The summed E-state index contributed by atoms with van der Waals surface area (Å²) in [6, 6.07) is 6.38. The second kappa shape index (κ2) is 11.4. The molecule has 2 saturated heterocycles. The molecule has 2 aromatic carbocycles. The highest BCUT2D eigenvalue weighted by molar-refractivity contribution is 9.09. The number of likely N-dealkylation sites (tertiary alicyclic amines) is 1. The number of rotatable bonds is 7. The Morgan fingerprint density at radius 2 is 1.67 bits per heavy atom. The average Bonchev–Trinajstić information content (AvgIpc) is 3.38. The van der Waals surface area contributed by atoms with Crippen LogP contribution in [0.5, 0.6) is 11.5 Å².